The molecular formula is C36H85N3O3S6. The molecule has 12 heteroatoms. The smallest absolute Gasteiger partial charge is 0.328 e. The Labute approximate surface area is 327 Å². The van der Waals surface area contributed by atoms with Crippen molar-refractivity contribution in [3.63, 3.8) is 0 Å². The lowest BCUT2D eigenvalue weighted by atomic mass is 10.1. The Balaban J connectivity index is -0.0000000452. The first-order valence-corrected chi connectivity index (χ1v) is 22.6. The Morgan fingerprint density at radius 3 is 1.56 bits per heavy atom. The number of aliphatic carboxylic acids is 1. The average molecular weight is 800 g/mol. The van der Waals surface area contributed by atoms with Crippen molar-refractivity contribution in [1.29, 1.82) is 0 Å². The number of carboxylic acid groups (broad SMARTS) is 1. The van der Waals surface area contributed by atoms with Crippen LogP contribution in [0.2, 0.25) is 0 Å². The fraction of sp³-hybridized carbons (Fsp3) is 0.833. The summed E-state index contributed by atoms with van der Waals surface area (Å²) in [6, 6.07) is 0. The van der Waals surface area contributed by atoms with Crippen molar-refractivity contribution in [1.82, 2.24) is 5.43 Å². The van der Waals surface area contributed by atoms with E-state index in [4.69, 9.17) is 5.11 Å². The Kier molecular flexibility index (Phi) is 95.4. The quantitative estimate of drug-likeness (QED) is 0.0520. The molecule has 2 N–H and O–H groups in total. The molecule has 1 atom stereocenters. The van der Waals surface area contributed by atoms with Crippen LogP contribution in [0.3, 0.4) is 0 Å². The van der Waals surface area contributed by atoms with E-state index in [0.717, 1.165) is 29.4 Å². The Bertz CT molecular complexity index is 673. The normalized spacial score (nSPS) is 9.69. The van der Waals surface area contributed by atoms with Crippen molar-refractivity contribution in [2.24, 2.45) is 10.1 Å². The number of hydrogen-bond acceptors (Lipinski definition) is 10. The topological polar surface area (TPSA) is 91.1 Å². The van der Waals surface area contributed by atoms with Gasteiger partial charge in [0.1, 0.15) is 0 Å². The minimum absolute atomic E-state index is 0. The van der Waals surface area contributed by atoms with Crippen LogP contribution in [-0.2, 0) is 9.59 Å². The van der Waals surface area contributed by atoms with Crippen molar-refractivity contribution in [3.05, 3.63) is 11.6 Å². The van der Waals surface area contributed by atoms with Crippen LogP contribution in [-0.4, -0.2) is 69.5 Å². The second-order valence-electron chi connectivity index (χ2n) is 9.68. The predicted octanol–water partition coefficient (Wildman–Crippen LogP) is 14.8. The van der Waals surface area contributed by atoms with Gasteiger partial charge in [-0.1, -0.05) is 162 Å². The standard InChI is InChI=1S/C7H12O2.C7H16S2.C6H14S2.C5H10N2O.C5H12S2.C2H5N.4CH4/c1-3-4-6(2)5-7(8)9;1-5-7(3,4)9-8-6-2;1-4-6(3)8-7-5-2;1-4(2)6-7-5(3)8;1-3-5-7-6-4-2;1-3-2;;;;/h5H,3-4H2,1-2H3,(H,8,9);5-6H2,1-4H3;6H,4-5H2,1-3H3;1-3H3,(H,7,8);3-5H2,1-2H3;1H2,2H3;4*1H4. The van der Waals surface area contributed by atoms with Crippen LogP contribution < -0.4 is 5.43 Å². The maximum Gasteiger partial charge on any atom is 0.328 e. The highest BCUT2D eigenvalue weighted by Gasteiger charge is 2.14. The van der Waals surface area contributed by atoms with Crippen LogP contribution in [0.15, 0.2) is 21.7 Å². The van der Waals surface area contributed by atoms with Gasteiger partial charge in [-0.2, -0.15) is 5.10 Å². The number of nitrogens with one attached hydrogen (secondary N) is 1. The number of aliphatic imine (C=N–C) groups is 1. The van der Waals surface area contributed by atoms with Gasteiger partial charge in [-0.05, 0) is 67.0 Å². The predicted molar refractivity (Wildman–Crippen MR) is 248 cm³/mol. The number of hydrogen-bond donors (Lipinski definition) is 2. The Morgan fingerprint density at radius 1 is 0.833 bits per heavy atom. The molecule has 0 aromatic rings. The molecule has 6 nitrogen and oxygen atoms in total. The second kappa shape index (κ2) is 62.3. The lowest BCUT2D eigenvalue weighted by Gasteiger charge is -2.19. The molecule has 0 spiro atoms. The molecule has 0 aliphatic carbocycles. The van der Waals surface area contributed by atoms with Crippen LogP contribution in [0.25, 0.3) is 0 Å². The van der Waals surface area contributed by atoms with Crippen LogP contribution in [0.4, 0.5) is 0 Å². The maximum atomic E-state index is 10.1. The zero-order valence-corrected chi connectivity index (χ0v) is 35.7. The number of carboxylic acids is 1. The minimum Gasteiger partial charge on any atom is -0.478 e. The van der Waals surface area contributed by atoms with Gasteiger partial charge >= 0.3 is 5.97 Å². The van der Waals surface area contributed by atoms with E-state index in [1.54, 1.807) is 7.05 Å². The summed E-state index contributed by atoms with van der Waals surface area (Å²) in [5.74, 6) is 4.01. The lowest BCUT2D eigenvalue weighted by Crippen LogP contribution is -2.13. The Morgan fingerprint density at radius 2 is 1.29 bits per heavy atom. The van der Waals surface area contributed by atoms with Gasteiger partial charge in [-0.3, -0.25) is 4.79 Å². The van der Waals surface area contributed by atoms with Crippen molar-refractivity contribution in [2.75, 3.05) is 30.1 Å². The SMILES string of the molecule is C.C.C.C.C=NC.CC(=O)NN=C(C)C.CCCC(C)=CC(=O)O.CCCSSCC.CCSSC(C)(C)CC.CCSSC(C)CC. The largest absolute Gasteiger partial charge is 0.478 e. The lowest BCUT2D eigenvalue weighted by molar-refractivity contribution is -0.131. The molecule has 0 saturated carbocycles. The number of amides is 1. The fourth-order valence-corrected chi connectivity index (χ4v) is 7.66. The molecule has 1 amide bonds. The molecular weight excluding hydrogens is 715 g/mol. The van der Waals surface area contributed by atoms with Crippen LogP contribution >= 0.6 is 64.8 Å². The molecule has 0 heterocycles. The third-order valence-corrected chi connectivity index (χ3v) is 13.4. The summed E-state index contributed by atoms with van der Waals surface area (Å²) in [5, 5.41) is 12.7. The van der Waals surface area contributed by atoms with Crippen LogP contribution in [0.1, 0.15) is 159 Å². The van der Waals surface area contributed by atoms with E-state index in [9.17, 15) is 9.59 Å². The molecule has 298 valence electrons. The third-order valence-electron chi connectivity index (χ3n) is 4.12. The zero-order valence-electron chi connectivity index (χ0n) is 30.8. The summed E-state index contributed by atoms with van der Waals surface area (Å²) < 4.78 is 0.473. The summed E-state index contributed by atoms with van der Waals surface area (Å²) in [5.41, 5.74) is 4.08. The minimum atomic E-state index is -0.846. The van der Waals surface area contributed by atoms with E-state index in [0.29, 0.717) is 4.75 Å². The summed E-state index contributed by atoms with van der Waals surface area (Å²) >= 11 is 0. The van der Waals surface area contributed by atoms with Gasteiger partial charge in [0.15, 0.2) is 0 Å². The zero-order chi connectivity index (χ0) is 35.8. The van der Waals surface area contributed by atoms with E-state index >= 15 is 0 Å². The van der Waals surface area contributed by atoms with E-state index in [1.165, 1.54) is 55.3 Å². The van der Waals surface area contributed by atoms with Crippen molar-refractivity contribution in [2.45, 2.75) is 169 Å². The van der Waals surface area contributed by atoms with Gasteiger partial charge in [-0.25, -0.2) is 10.2 Å². The number of rotatable bonds is 16. The highest BCUT2D eigenvalue weighted by Crippen LogP contribution is 2.37. The van der Waals surface area contributed by atoms with E-state index < -0.39 is 5.97 Å². The molecule has 0 radical (unpaired) electrons. The van der Waals surface area contributed by atoms with Crippen molar-refractivity contribution >= 4 is 89.1 Å². The molecule has 0 aliphatic rings. The van der Waals surface area contributed by atoms with E-state index in [2.05, 4.69) is 84.6 Å². The number of carbonyl (C=O) groups excluding carboxylic acids is 1. The highest BCUT2D eigenvalue weighted by atomic mass is 33.1. The summed E-state index contributed by atoms with van der Waals surface area (Å²) in [4.78, 5) is 23.4. The molecule has 0 fully saturated rings. The van der Waals surface area contributed by atoms with Crippen LogP contribution in [0, 0.1) is 0 Å². The second-order valence-corrected chi connectivity index (χ2v) is 18.9. The van der Waals surface area contributed by atoms with Crippen molar-refractivity contribution < 1.29 is 14.7 Å². The molecule has 1 unspecified atom stereocenters. The van der Waals surface area contributed by atoms with Gasteiger partial charge in [0.2, 0.25) is 5.91 Å². The van der Waals surface area contributed by atoms with Crippen LogP contribution in [0.5, 0.6) is 0 Å². The van der Waals surface area contributed by atoms with E-state index in [1.807, 2.05) is 92.5 Å². The number of carbonyl (C=O) groups is 2. The first-order chi connectivity index (χ1) is 20.5. The summed E-state index contributed by atoms with van der Waals surface area (Å²) in [6.45, 7) is 32.1. The van der Waals surface area contributed by atoms with Crippen molar-refractivity contribution in [3.8, 4) is 0 Å². The highest BCUT2D eigenvalue weighted by molar-refractivity contribution is 8.77. The summed E-state index contributed by atoms with van der Waals surface area (Å²) in [6.07, 6.45) is 6.99. The van der Waals surface area contributed by atoms with Gasteiger partial charge < -0.3 is 10.1 Å². The molecule has 0 saturated heterocycles. The van der Waals surface area contributed by atoms with E-state index in [-0.39, 0.29) is 35.6 Å². The van der Waals surface area contributed by atoms with Gasteiger partial charge in [0.05, 0.1) is 0 Å². The fourth-order valence-electron chi connectivity index (χ4n) is 1.62. The molecule has 0 aromatic heterocycles. The monoisotopic (exact) mass is 799 g/mol. The van der Waals surface area contributed by atoms with Gasteiger partial charge in [0.25, 0.3) is 0 Å². The molecule has 48 heavy (non-hydrogen) atoms. The number of allylic oxidation sites excluding steroid dienone is 1. The molecule has 0 bridgehead atoms. The average Bonchev–Trinajstić information content (AvgIpc) is 2.95. The molecule has 0 aliphatic heterocycles. The van der Waals surface area contributed by atoms with Gasteiger partial charge in [-0.15, -0.1) is 0 Å². The first kappa shape index (κ1) is 73.5. The Hall–Kier alpha value is 0.120. The summed E-state index contributed by atoms with van der Waals surface area (Å²) in [7, 11) is 13.5. The molecule has 0 aromatic carbocycles. The number of nitrogens with zero attached hydrogens (tertiary/aromatic N) is 2. The molecule has 0 rings (SSSR count). The first-order valence-electron chi connectivity index (χ1n) is 15.4. The number of hydrazone groups is 1. The third kappa shape index (κ3) is 103. The van der Waals surface area contributed by atoms with Gasteiger partial charge in [0, 0.05) is 58.8 Å². The maximum absolute atomic E-state index is 10.1.